The van der Waals surface area contributed by atoms with Gasteiger partial charge in [0.15, 0.2) is 0 Å². The number of carbonyl (C=O) groups excluding carboxylic acids is 1. The Morgan fingerprint density at radius 2 is 1.58 bits per heavy atom. The summed E-state index contributed by atoms with van der Waals surface area (Å²) in [6.45, 7) is 6.65. The second kappa shape index (κ2) is 9.28. The summed E-state index contributed by atoms with van der Waals surface area (Å²) < 4.78 is 2.57. The van der Waals surface area contributed by atoms with Crippen molar-refractivity contribution in [2.24, 2.45) is 0 Å². The zero-order chi connectivity index (χ0) is 23.5. The summed E-state index contributed by atoms with van der Waals surface area (Å²) in [6.07, 6.45) is 0. The molecule has 0 atom stereocenters. The van der Waals surface area contributed by atoms with Crippen LogP contribution in [0, 0.1) is 13.8 Å². The zero-order valence-electron chi connectivity index (χ0n) is 19.1. The van der Waals surface area contributed by atoms with E-state index in [4.69, 9.17) is 0 Å². The van der Waals surface area contributed by atoms with Crippen LogP contribution in [0.1, 0.15) is 23.6 Å². The minimum absolute atomic E-state index is 0.148. The van der Waals surface area contributed by atoms with Crippen LogP contribution in [0.2, 0.25) is 0 Å². The highest BCUT2D eigenvalue weighted by Crippen LogP contribution is 2.14. The van der Waals surface area contributed by atoms with Crippen molar-refractivity contribution in [3.63, 3.8) is 0 Å². The molecule has 4 aromatic rings. The molecule has 0 fully saturated rings. The summed E-state index contributed by atoms with van der Waals surface area (Å²) in [5.41, 5.74) is 3.11. The van der Waals surface area contributed by atoms with Crippen LogP contribution in [0.5, 0.6) is 0 Å². The maximum Gasteiger partial charge on any atom is 0.336 e. The molecule has 0 bridgehead atoms. The van der Waals surface area contributed by atoms with Gasteiger partial charge in [0.1, 0.15) is 6.54 Å². The van der Waals surface area contributed by atoms with Gasteiger partial charge in [-0.15, -0.1) is 0 Å². The van der Waals surface area contributed by atoms with Crippen LogP contribution in [-0.4, -0.2) is 26.5 Å². The number of para-hydroxylation sites is 1. The van der Waals surface area contributed by atoms with Crippen molar-refractivity contribution in [1.29, 1.82) is 0 Å². The number of hydrogen-bond acceptors (Lipinski definition) is 3. The van der Waals surface area contributed by atoms with Gasteiger partial charge in [0, 0.05) is 13.1 Å². The molecule has 3 aromatic carbocycles. The molecule has 0 N–H and O–H groups in total. The summed E-state index contributed by atoms with van der Waals surface area (Å²) in [6, 6.07) is 22.2. The topological polar surface area (TPSA) is 64.3 Å². The van der Waals surface area contributed by atoms with Crippen LogP contribution in [0.25, 0.3) is 16.6 Å². The Morgan fingerprint density at radius 1 is 0.879 bits per heavy atom. The van der Waals surface area contributed by atoms with Crippen molar-refractivity contribution in [2.45, 2.75) is 33.9 Å². The summed E-state index contributed by atoms with van der Waals surface area (Å²) in [5.74, 6) is -0.182. The van der Waals surface area contributed by atoms with Gasteiger partial charge < -0.3 is 4.90 Å². The molecule has 0 radical (unpaired) electrons. The Hall–Kier alpha value is -3.93. The fourth-order valence-electron chi connectivity index (χ4n) is 3.98. The Morgan fingerprint density at radius 3 is 2.27 bits per heavy atom. The van der Waals surface area contributed by atoms with Crippen molar-refractivity contribution >= 4 is 16.8 Å². The van der Waals surface area contributed by atoms with Gasteiger partial charge in [-0.05, 0) is 61.7 Å². The van der Waals surface area contributed by atoms with Gasteiger partial charge in [0.25, 0.3) is 5.56 Å². The molecule has 0 aliphatic heterocycles. The third-order valence-corrected chi connectivity index (χ3v) is 6.04. The molecular formula is C27H27N3O3. The van der Waals surface area contributed by atoms with Gasteiger partial charge in [-0.2, -0.15) is 0 Å². The number of nitrogens with zero attached hydrogens (tertiary/aromatic N) is 3. The van der Waals surface area contributed by atoms with E-state index in [-0.39, 0.29) is 18.0 Å². The number of aryl methyl sites for hydroxylation is 2. The van der Waals surface area contributed by atoms with E-state index in [1.54, 1.807) is 35.2 Å². The Balaban J connectivity index is 1.81. The van der Waals surface area contributed by atoms with Gasteiger partial charge in [-0.1, -0.05) is 48.5 Å². The fourth-order valence-corrected chi connectivity index (χ4v) is 3.98. The number of likely N-dealkylation sites (N-methyl/N-ethyl adjacent to an activating group) is 1. The number of benzene rings is 3. The van der Waals surface area contributed by atoms with E-state index < -0.39 is 5.69 Å². The molecule has 0 unspecified atom stereocenters. The van der Waals surface area contributed by atoms with Crippen molar-refractivity contribution in [1.82, 2.24) is 14.0 Å². The Bertz CT molecular complexity index is 1430. The minimum Gasteiger partial charge on any atom is -0.337 e. The highest BCUT2D eigenvalue weighted by atomic mass is 16.2. The molecule has 0 aliphatic rings. The third-order valence-electron chi connectivity index (χ3n) is 6.04. The fraction of sp³-hybridized carbons (Fsp3) is 0.222. The van der Waals surface area contributed by atoms with E-state index in [0.717, 1.165) is 21.3 Å². The molecule has 33 heavy (non-hydrogen) atoms. The lowest BCUT2D eigenvalue weighted by molar-refractivity contribution is -0.132. The van der Waals surface area contributed by atoms with Gasteiger partial charge in [0.2, 0.25) is 5.91 Å². The maximum atomic E-state index is 13.6. The standard InChI is InChI=1S/C27H27N3O3/c1-4-28(17-21-10-6-5-7-11-21)25(31)18-29-24-13-9-8-12-23(24)26(32)30(27(29)33)22-15-14-19(2)20(3)16-22/h5-16H,4,17-18H2,1-3H3. The summed E-state index contributed by atoms with van der Waals surface area (Å²) in [4.78, 5) is 41.8. The van der Waals surface area contributed by atoms with E-state index in [1.165, 1.54) is 4.57 Å². The van der Waals surface area contributed by atoms with Gasteiger partial charge >= 0.3 is 5.69 Å². The van der Waals surface area contributed by atoms with Gasteiger partial charge in [-0.25, -0.2) is 9.36 Å². The molecule has 1 heterocycles. The second-order valence-electron chi connectivity index (χ2n) is 8.19. The highest BCUT2D eigenvalue weighted by Gasteiger charge is 2.19. The molecule has 0 aliphatic carbocycles. The summed E-state index contributed by atoms with van der Waals surface area (Å²) in [5, 5.41) is 0.397. The van der Waals surface area contributed by atoms with E-state index >= 15 is 0 Å². The number of aromatic nitrogens is 2. The first-order valence-electron chi connectivity index (χ1n) is 11.0. The van der Waals surface area contributed by atoms with E-state index in [2.05, 4.69) is 0 Å². The average molecular weight is 442 g/mol. The largest absolute Gasteiger partial charge is 0.337 e. The molecule has 0 saturated carbocycles. The normalized spacial score (nSPS) is 11.0. The van der Waals surface area contributed by atoms with Crippen LogP contribution in [0.15, 0.2) is 82.4 Å². The highest BCUT2D eigenvalue weighted by molar-refractivity contribution is 5.82. The number of rotatable bonds is 6. The first-order valence-corrected chi connectivity index (χ1v) is 11.0. The number of amides is 1. The van der Waals surface area contributed by atoms with Crippen LogP contribution >= 0.6 is 0 Å². The minimum atomic E-state index is -0.522. The first kappa shape index (κ1) is 22.3. The van der Waals surface area contributed by atoms with Crippen LogP contribution in [0.4, 0.5) is 0 Å². The smallest absolute Gasteiger partial charge is 0.336 e. The molecule has 6 nitrogen and oxygen atoms in total. The van der Waals surface area contributed by atoms with Gasteiger partial charge in [0.05, 0.1) is 16.6 Å². The maximum absolute atomic E-state index is 13.6. The van der Waals surface area contributed by atoms with Crippen LogP contribution in [-0.2, 0) is 17.9 Å². The summed E-state index contributed by atoms with van der Waals surface area (Å²) >= 11 is 0. The molecular weight excluding hydrogens is 414 g/mol. The monoisotopic (exact) mass is 441 g/mol. The number of carbonyl (C=O) groups is 1. The molecule has 4 rings (SSSR count). The van der Waals surface area contributed by atoms with Crippen molar-refractivity contribution in [3.8, 4) is 5.69 Å². The second-order valence-corrected chi connectivity index (χ2v) is 8.19. The lowest BCUT2D eigenvalue weighted by Gasteiger charge is -2.22. The number of fused-ring (bicyclic) bond motifs is 1. The molecule has 0 spiro atoms. The predicted octanol–water partition coefficient (Wildman–Crippen LogP) is 3.82. The van der Waals surface area contributed by atoms with Crippen molar-refractivity contribution < 1.29 is 4.79 Å². The quantitative estimate of drug-likeness (QED) is 0.457. The first-order chi connectivity index (χ1) is 15.9. The van der Waals surface area contributed by atoms with Crippen LogP contribution < -0.4 is 11.2 Å². The Labute approximate surface area is 192 Å². The molecule has 1 amide bonds. The van der Waals surface area contributed by atoms with E-state index in [0.29, 0.717) is 29.7 Å². The van der Waals surface area contributed by atoms with Gasteiger partial charge in [-0.3, -0.25) is 14.2 Å². The lowest BCUT2D eigenvalue weighted by atomic mass is 10.1. The summed E-state index contributed by atoms with van der Waals surface area (Å²) in [7, 11) is 0. The molecule has 168 valence electrons. The van der Waals surface area contributed by atoms with E-state index in [9.17, 15) is 14.4 Å². The lowest BCUT2D eigenvalue weighted by Crippen LogP contribution is -2.42. The van der Waals surface area contributed by atoms with E-state index in [1.807, 2.05) is 63.2 Å². The third kappa shape index (κ3) is 4.37. The van der Waals surface area contributed by atoms with Crippen molar-refractivity contribution in [3.05, 3.63) is 110 Å². The SMILES string of the molecule is CCN(Cc1ccccc1)C(=O)Cn1c(=O)n(-c2ccc(C)c(C)c2)c(=O)c2ccccc21. The van der Waals surface area contributed by atoms with Crippen LogP contribution in [0.3, 0.4) is 0 Å². The number of hydrogen-bond donors (Lipinski definition) is 0. The Kier molecular flexibility index (Phi) is 6.27. The molecule has 0 saturated heterocycles. The van der Waals surface area contributed by atoms with Crippen molar-refractivity contribution in [2.75, 3.05) is 6.54 Å². The predicted molar refractivity (Wildman–Crippen MR) is 131 cm³/mol. The molecule has 1 aromatic heterocycles. The zero-order valence-corrected chi connectivity index (χ0v) is 19.1. The average Bonchev–Trinajstić information content (AvgIpc) is 2.83. The molecule has 6 heteroatoms.